The van der Waals surface area contributed by atoms with Crippen molar-refractivity contribution in [2.75, 3.05) is 13.2 Å². The summed E-state index contributed by atoms with van der Waals surface area (Å²) in [6.07, 6.45) is 58.3. The lowest BCUT2D eigenvalue weighted by Crippen LogP contribution is -2.30. The Kier molecular flexibility index (Phi) is 52.1. The number of carbonyl (C=O) groups excluding carboxylic acids is 3. The molecule has 0 aliphatic carbocycles. The zero-order valence-corrected chi connectivity index (χ0v) is 44.5. The van der Waals surface area contributed by atoms with Crippen molar-refractivity contribution in [2.45, 2.75) is 342 Å². The first-order chi connectivity index (χ1) is 31.9. The average molecular weight is 920 g/mol. The number of hydrogen-bond acceptors (Lipinski definition) is 6. The van der Waals surface area contributed by atoms with Gasteiger partial charge in [0.2, 0.25) is 0 Å². The molecule has 0 aliphatic heterocycles. The summed E-state index contributed by atoms with van der Waals surface area (Å²) in [4.78, 5) is 38.0. The molecule has 65 heavy (non-hydrogen) atoms. The molecule has 0 radical (unpaired) electrons. The van der Waals surface area contributed by atoms with Crippen LogP contribution in [0.1, 0.15) is 336 Å². The van der Waals surface area contributed by atoms with Crippen LogP contribution in [0.5, 0.6) is 0 Å². The molecule has 0 aliphatic rings. The second-order valence-corrected chi connectivity index (χ2v) is 20.8. The van der Waals surface area contributed by atoms with Gasteiger partial charge in [-0.05, 0) is 25.2 Å². The van der Waals surface area contributed by atoms with E-state index in [-0.39, 0.29) is 31.1 Å². The minimum Gasteiger partial charge on any atom is -0.462 e. The van der Waals surface area contributed by atoms with Gasteiger partial charge < -0.3 is 14.2 Å². The Labute approximate surface area is 406 Å². The molecule has 0 fully saturated rings. The van der Waals surface area contributed by atoms with Crippen molar-refractivity contribution < 1.29 is 28.6 Å². The Morgan fingerprint density at radius 3 is 0.754 bits per heavy atom. The maximum Gasteiger partial charge on any atom is 0.306 e. The third-order valence-corrected chi connectivity index (χ3v) is 13.5. The molecule has 1 atom stereocenters. The van der Waals surface area contributed by atoms with E-state index in [2.05, 4.69) is 27.7 Å². The lowest BCUT2D eigenvalue weighted by molar-refractivity contribution is -0.167. The first-order valence-corrected chi connectivity index (χ1v) is 29.4. The average Bonchev–Trinajstić information content (AvgIpc) is 3.29. The van der Waals surface area contributed by atoms with Crippen LogP contribution in [0.3, 0.4) is 0 Å². The van der Waals surface area contributed by atoms with Crippen LogP contribution in [0, 0.1) is 5.92 Å². The maximum absolute atomic E-state index is 12.8. The van der Waals surface area contributed by atoms with Gasteiger partial charge in [-0.2, -0.15) is 0 Å². The molecule has 0 saturated carbocycles. The molecule has 0 N–H and O–H groups in total. The van der Waals surface area contributed by atoms with E-state index in [4.69, 9.17) is 14.2 Å². The molecule has 386 valence electrons. The first-order valence-electron chi connectivity index (χ1n) is 29.4. The van der Waals surface area contributed by atoms with Crippen LogP contribution < -0.4 is 0 Å². The molecular weight excluding hydrogens is 805 g/mol. The molecule has 6 heteroatoms. The van der Waals surface area contributed by atoms with E-state index in [9.17, 15) is 14.4 Å². The van der Waals surface area contributed by atoms with Crippen LogP contribution in [-0.2, 0) is 28.6 Å². The molecule has 0 amide bonds. The summed E-state index contributed by atoms with van der Waals surface area (Å²) < 4.78 is 16.8. The third kappa shape index (κ3) is 53.2. The van der Waals surface area contributed by atoms with Crippen LogP contribution in [0.2, 0.25) is 0 Å². The maximum atomic E-state index is 12.8. The van der Waals surface area contributed by atoms with E-state index in [0.717, 1.165) is 63.7 Å². The van der Waals surface area contributed by atoms with Gasteiger partial charge in [-0.25, -0.2) is 0 Å². The van der Waals surface area contributed by atoms with E-state index in [1.54, 1.807) is 0 Å². The van der Waals surface area contributed by atoms with Gasteiger partial charge in [0.1, 0.15) is 13.2 Å². The predicted octanol–water partition coefficient (Wildman–Crippen LogP) is 19.4. The summed E-state index contributed by atoms with van der Waals surface area (Å²) in [6.45, 7) is 9.04. The molecule has 6 nitrogen and oxygen atoms in total. The monoisotopic (exact) mass is 919 g/mol. The van der Waals surface area contributed by atoms with Gasteiger partial charge in [0.05, 0.1) is 0 Å². The van der Waals surface area contributed by atoms with Crippen molar-refractivity contribution in [1.29, 1.82) is 0 Å². The standard InChI is InChI=1S/C59H114O6/c1-5-7-9-11-13-14-15-16-17-18-19-23-26-29-32-35-39-43-47-51-58(61)64-54-56(53-63-57(60)50-46-42-37-12-10-8-6-2)65-59(62)52-48-44-40-36-33-30-27-24-21-20-22-25-28-31-34-38-41-45-49-55(3)4/h55-56H,5-54H2,1-4H3/t56-/m0/s1. The van der Waals surface area contributed by atoms with Gasteiger partial charge in [-0.3, -0.25) is 14.4 Å². The number of unbranched alkanes of at least 4 members (excludes halogenated alkanes) is 41. The van der Waals surface area contributed by atoms with E-state index in [1.807, 2.05) is 0 Å². The van der Waals surface area contributed by atoms with E-state index in [1.165, 1.54) is 231 Å². The fourth-order valence-electron chi connectivity index (χ4n) is 9.10. The van der Waals surface area contributed by atoms with Crippen LogP contribution in [0.25, 0.3) is 0 Å². The summed E-state index contributed by atoms with van der Waals surface area (Å²) in [5.74, 6) is 0.0154. The summed E-state index contributed by atoms with van der Waals surface area (Å²) in [7, 11) is 0. The van der Waals surface area contributed by atoms with Crippen LogP contribution in [0.15, 0.2) is 0 Å². The fraction of sp³-hybridized carbons (Fsp3) is 0.949. The Hall–Kier alpha value is -1.59. The van der Waals surface area contributed by atoms with Gasteiger partial charge in [0.25, 0.3) is 0 Å². The molecular formula is C59H114O6. The van der Waals surface area contributed by atoms with Crippen molar-refractivity contribution in [1.82, 2.24) is 0 Å². The largest absolute Gasteiger partial charge is 0.462 e. The van der Waals surface area contributed by atoms with E-state index in [0.29, 0.717) is 19.3 Å². The van der Waals surface area contributed by atoms with Crippen molar-refractivity contribution in [3.05, 3.63) is 0 Å². The van der Waals surface area contributed by atoms with E-state index >= 15 is 0 Å². The zero-order valence-electron chi connectivity index (χ0n) is 44.5. The van der Waals surface area contributed by atoms with Crippen molar-refractivity contribution in [3.63, 3.8) is 0 Å². The molecule has 0 aromatic heterocycles. The number of ether oxygens (including phenoxy) is 3. The number of rotatable bonds is 54. The summed E-state index contributed by atoms with van der Waals surface area (Å²) >= 11 is 0. The van der Waals surface area contributed by atoms with E-state index < -0.39 is 6.10 Å². The highest BCUT2D eigenvalue weighted by molar-refractivity contribution is 5.71. The molecule has 0 aromatic rings. The molecule has 0 aromatic carbocycles. The SMILES string of the molecule is CCCCCCCCCCCCCCCCCCCCCC(=O)OC[C@H](COC(=O)CCCCCCCCC)OC(=O)CCCCCCCCCCCCCCCCCCCCC(C)C. The third-order valence-electron chi connectivity index (χ3n) is 13.5. The summed E-state index contributed by atoms with van der Waals surface area (Å²) in [5.41, 5.74) is 0. The second-order valence-electron chi connectivity index (χ2n) is 20.8. The number of esters is 3. The molecule has 0 heterocycles. The van der Waals surface area contributed by atoms with Crippen molar-refractivity contribution >= 4 is 17.9 Å². The van der Waals surface area contributed by atoms with Crippen LogP contribution in [0.4, 0.5) is 0 Å². The van der Waals surface area contributed by atoms with Gasteiger partial charge >= 0.3 is 17.9 Å². The molecule has 0 rings (SSSR count). The quantitative estimate of drug-likeness (QED) is 0.0344. The molecule has 0 saturated heterocycles. The zero-order chi connectivity index (χ0) is 47.4. The van der Waals surface area contributed by atoms with Crippen LogP contribution >= 0.6 is 0 Å². The predicted molar refractivity (Wildman–Crippen MR) is 280 cm³/mol. The second kappa shape index (κ2) is 53.4. The number of carbonyl (C=O) groups is 3. The lowest BCUT2D eigenvalue weighted by Gasteiger charge is -2.18. The minimum atomic E-state index is -0.760. The minimum absolute atomic E-state index is 0.0623. The van der Waals surface area contributed by atoms with Gasteiger partial charge in [0.15, 0.2) is 6.10 Å². The first kappa shape index (κ1) is 63.4. The van der Waals surface area contributed by atoms with Gasteiger partial charge in [-0.1, -0.05) is 297 Å². The fourth-order valence-corrected chi connectivity index (χ4v) is 9.10. The summed E-state index contributed by atoms with van der Waals surface area (Å²) in [6, 6.07) is 0. The lowest BCUT2D eigenvalue weighted by atomic mass is 10.0. The highest BCUT2D eigenvalue weighted by atomic mass is 16.6. The Morgan fingerprint density at radius 2 is 0.508 bits per heavy atom. The Balaban J connectivity index is 4.11. The van der Waals surface area contributed by atoms with Crippen LogP contribution in [-0.4, -0.2) is 37.2 Å². The highest BCUT2D eigenvalue weighted by Crippen LogP contribution is 2.18. The molecule has 0 bridgehead atoms. The van der Waals surface area contributed by atoms with Crippen molar-refractivity contribution in [2.24, 2.45) is 5.92 Å². The van der Waals surface area contributed by atoms with Gasteiger partial charge in [-0.15, -0.1) is 0 Å². The number of hydrogen-bond donors (Lipinski definition) is 0. The Morgan fingerprint density at radius 1 is 0.292 bits per heavy atom. The molecule has 0 spiro atoms. The Bertz CT molecular complexity index is 980. The van der Waals surface area contributed by atoms with Gasteiger partial charge in [0, 0.05) is 19.3 Å². The van der Waals surface area contributed by atoms with Crippen molar-refractivity contribution in [3.8, 4) is 0 Å². The smallest absolute Gasteiger partial charge is 0.306 e. The molecule has 0 unspecified atom stereocenters. The summed E-state index contributed by atoms with van der Waals surface area (Å²) in [5, 5.41) is 0. The normalized spacial score (nSPS) is 12.0. The topological polar surface area (TPSA) is 78.9 Å². The highest BCUT2D eigenvalue weighted by Gasteiger charge is 2.19.